The minimum atomic E-state index is -1.15. The average Bonchev–Trinajstić information content (AvgIpc) is 3.47. The summed E-state index contributed by atoms with van der Waals surface area (Å²) < 4.78 is 1.44. The molecule has 7 nitrogen and oxygen atoms in total. The second-order valence-corrected chi connectivity index (χ2v) is 8.54. The van der Waals surface area contributed by atoms with Crippen LogP contribution in [0, 0.1) is 0 Å². The number of carbonyl (C=O) groups is 1. The fourth-order valence-electron chi connectivity index (χ4n) is 3.42. The molecule has 0 radical (unpaired) electrons. The Morgan fingerprint density at radius 3 is 2.41 bits per heavy atom. The van der Waals surface area contributed by atoms with Crippen LogP contribution < -0.4 is 16.2 Å². The zero-order valence-corrected chi connectivity index (χ0v) is 17.0. The van der Waals surface area contributed by atoms with Gasteiger partial charge >= 0.3 is 0 Å². The second-order valence-electron chi connectivity index (χ2n) is 6.23. The highest BCUT2D eigenvalue weighted by atomic mass is 35.5. The van der Waals surface area contributed by atoms with Gasteiger partial charge in [0.25, 0.3) is 11.5 Å². The summed E-state index contributed by atoms with van der Waals surface area (Å²) in [5, 5.41) is 9.99. The van der Waals surface area contributed by atoms with E-state index in [9.17, 15) is 9.59 Å². The minimum Gasteiger partial charge on any atom is -0.336 e. The zero-order valence-electron chi connectivity index (χ0n) is 14.6. The number of rotatable bonds is 4. The van der Waals surface area contributed by atoms with Crippen molar-refractivity contribution in [2.45, 2.75) is 5.66 Å². The number of amides is 1. The highest BCUT2D eigenvalue weighted by Crippen LogP contribution is 2.42. The van der Waals surface area contributed by atoms with E-state index in [1.165, 1.54) is 39.6 Å². The van der Waals surface area contributed by atoms with Crippen molar-refractivity contribution in [1.29, 1.82) is 0 Å². The van der Waals surface area contributed by atoms with Gasteiger partial charge < -0.3 is 10.6 Å². The monoisotopic (exact) mass is 441 g/mol. The van der Waals surface area contributed by atoms with Gasteiger partial charge in [-0.15, -0.1) is 22.7 Å². The standard InChI is InChI=1S/C19H12ClN5O2S2/c20-11-9-12(23-15-5-6-21-10-22-15)18(27)25-16(11)17(26)24-19(25,13-3-1-7-28-13)14-4-2-8-29-14/h1-10H,(H,24,26)(H,21,22,23). The van der Waals surface area contributed by atoms with Crippen molar-refractivity contribution in [3.63, 3.8) is 0 Å². The Hall–Kier alpha value is -3.01. The number of hydrogen-bond donors (Lipinski definition) is 2. The Morgan fingerprint density at radius 2 is 1.83 bits per heavy atom. The molecule has 144 valence electrons. The van der Waals surface area contributed by atoms with Crippen molar-refractivity contribution in [1.82, 2.24) is 19.9 Å². The topological polar surface area (TPSA) is 88.9 Å². The van der Waals surface area contributed by atoms with E-state index < -0.39 is 11.6 Å². The fourth-order valence-corrected chi connectivity index (χ4v) is 5.53. The normalized spacial score (nSPS) is 14.4. The number of halogens is 1. The molecule has 5 heterocycles. The van der Waals surface area contributed by atoms with Crippen LogP contribution in [0.2, 0.25) is 5.02 Å². The van der Waals surface area contributed by atoms with Crippen molar-refractivity contribution in [3.8, 4) is 0 Å². The van der Waals surface area contributed by atoms with Crippen LogP contribution in [0.25, 0.3) is 0 Å². The van der Waals surface area contributed by atoms with Gasteiger partial charge in [-0.3, -0.25) is 14.2 Å². The summed E-state index contributed by atoms with van der Waals surface area (Å²) in [5.41, 5.74) is -1.19. The van der Waals surface area contributed by atoms with E-state index in [4.69, 9.17) is 11.6 Å². The first-order valence-corrected chi connectivity index (χ1v) is 10.6. The molecule has 0 spiro atoms. The number of fused-ring (bicyclic) bond motifs is 1. The third-order valence-corrected chi connectivity index (χ3v) is 6.84. The van der Waals surface area contributed by atoms with E-state index in [1.807, 2.05) is 35.0 Å². The lowest BCUT2D eigenvalue weighted by atomic mass is 10.1. The molecule has 2 N–H and O–H groups in total. The molecule has 4 aromatic heterocycles. The Kier molecular flexibility index (Phi) is 4.23. The van der Waals surface area contributed by atoms with Gasteiger partial charge in [-0.1, -0.05) is 23.7 Å². The molecule has 0 saturated carbocycles. The largest absolute Gasteiger partial charge is 0.336 e. The predicted octanol–water partition coefficient (Wildman–Crippen LogP) is 3.65. The number of thiophene rings is 2. The molecule has 4 aromatic rings. The quantitative estimate of drug-likeness (QED) is 0.504. The number of aromatic nitrogens is 3. The van der Waals surface area contributed by atoms with Crippen LogP contribution in [0.1, 0.15) is 20.2 Å². The molecule has 0 saturated heterocycles. The van der Waals surface area contributed by atoms with Gasteiger partial charge in [-0.05, 0) is 35.0 Å². The van der Waals surface area contributed by atoms with E-state index in [1.54, 1.807) is 12.3 Å². The number of carbonyl (C=O) groups excluding carboxylic acids is 1. The highest BCUT2D eigenvalue weighted by molar-refractivity contribution is 7.11. The molecular weight excluding hydrogens is 430 g/mol. The maximum absolute atomic E-state index is 13.6. The molecule has 5 rings (SSSR count). The number of pyridine rings is 1. The maximum atomic E-state index is 13.6. The first kappa shape index (κ1) is 18.0. The number of anilines is 2. The summed E-state index contributed by atoms with van der Waals surface area (Å²) in [4.78, 5) is 36.1. The van der Waals surface area contributed by atoms with Crippen LogP contribution in [-0.2, 0) is 5.66 Å². The van der Waals surface area contributed by atoms with E-state index in [0.29, 0.717) is 5.82 Å². The smallest absolute Gasteiger partial charge is 0.277 e. The van der Waals surface area contributed by atoms with Gasteiger partial charge in [-0.25, -0.2) is 9.97 Å². The first-order valence-electron chi connectivity index (χ1n) is 8.51. The van der Waals surface area contributed by atoms with Gasteiger partial charge in [0, 0.05) is 6.20 Å². The van der Waals surface area contributed by atoms with Crippen LogP contribution in [-0.4, -0.2) is 20.4 Å². The summed E-state index contributed by atoms with van der Waals surface area (Å²) >= 11 is 9.38. The Morgan fingerprint density at radius 1 is 1.10 bits per heavy atom. The molecular formula is C19H12ClN5O2S2. The molecule has 0 unspecified atom stereocenters. The Labute approximate surface area is 177 Å². The molecule has 10 heteroatoms. The van der Waals surface area contributed by atoms with E-state index in [2.05, 4.69) is 20.6 Å². The third-order valence-electron chi connectivity index (χ3n) is 4.60. The molecule has 0 bridgehead atoms. The van der Waals surface area contributed by atoms with E-state index in [0.717, 1.165) is 9.75 Å². The van der Waals surface area contributed by atoms with Gasteiger partial charge in [-0.2, -0.15) is 0 Å². The van der Waals surface area contributed by atoms with E-state index in [-0.39, 0.29) is 22.0 Å². The van der Waals surface area contributed by atoms with Crippen molar-refractivity contribution < 1.29 is 4.79 Å². The van der Waals surface area contributed by atoms with Crippen molar-refractivity contribution in [2.75, 3.05) is 5.32 Å². The molecule has 0 aliphatic carbocycles. The fraction of sp³-hybridized carbons (Fsp3) is 0.0526. The molecule has 1 aliphatic heterocycles. The molecule has 0 fully saturated rings. The lowest BCUT2D eigenvalue weighted by Crippen LogP contribution is -2.48. The van der Waals surface area contributed by atoms with Crippen LogP contribution >= 0.6 is 34.3 Å². The summed E-state index contributed by atoms with van der Waals surface area (Å²) in [5.74, 6) is 0.0475. The van der Waals surface area contributed by atoms with Crippen LogP contribution in [0.15, 0.2) is 64.5 Å². The maximum Gasteiger partial charge on any atom is 0.277 e. The molecule has 29 heavy (non-hydrogen) atoms. The third kappa shape index (κ3) is 2.70. The SMILES string of the molecule is O=C1NC(c2cccs2)(c2cccs2)n2c1c(Cl)cc(Nc1ccncn1)c2=O. The minimum absolute atomic E-state index is 0.131. The predicted molar refractivity (Wildman–Crippen MR) is 113 cm³/mol. The summed E-state index contributed by atoms with van der Waals surface area (Å²) in [6.07, 6.45) is 2.94. The zero-order chi connectivity index (χ0) is 20.0. The van der Waals surface area contributed by atoms with Crippen LogP contribution in [0.5, 0.6) is 0 Å². The molecule has 0 aromatic carbocycles. The number of nitrogens with one attached hydrogen (secondary N) is 2. The van der Waals surface area contributed by atoms with Gasteiger partial charge in [0.1, 0.15) is 23.5 Å². The summed E-state index contributed by atoms with van der Waals surface area (Å²) in [6, 6.07) is 10.6. The van der Waals surface area contributed by atoms with Crippen LogP contribution in [0.4, 0.5) is 11.5 Å². The van der Waals surface area contributed by atoms with Crippen molar-refractivity contribution in [2.24, 2.45) is 0 Å². The van der Waals surface area contributed by atoms with Crippen LogP contribution in [0.3, 0.4) is 0 Å². The summed E-state index contributed by atoms with van der Waals surface area (Å²) in [7, 11) is 0. The highest BCUT2D eigenvalue weighted by Gasteiger charge is 2.49. The lowest BCUT2D eigenvalue weighted by Gasteiger charge is -2.30. The number of nitrogens with zero attached hydrogens (tertiary/aromatic N) is 3. The molecule has 1 amide bonds. The average molecular weight is 442 g/mol. The van der Waals surface area contributed by atoms with Gasteiger partial charge in [0.05, 0.1) is 14.8 Å². The van der Waals surface area contributed by atoms with Gasteiger partial charge in [0.2, 0.25) is 0 Å². The van der Waals surface area contributed by atoms with Crippen molar-refractivity contribution in [3.05, 3.63) is 90.5 Å². The van der Waals surface area contributed by atoms with E-state index >= 15 is 0 Å². The van der Waals surface area contributed by atoms with Gasteiger partial charge in [0.15, 0.2) is 5.66 Å². The Bertz CT molecular complexity index is 1220. The molecule has 1 aliphatic rings. The molecule has 0 atom stereocenters. The van der Waals surface area contributed by atoms with Crippen molar-refractivity contribution >= 4 is 51.7 Å². The number of hydrogen-bond acceptors (Lipinski definition) is 7. The first-order chi connectivity index (χ1) is 14.1. The lowest BCUT2D eigenvalue weighted by molar-refractivity contribution is 0.0948. The second kappa shape index (κ2) is 6.80. The Balaban J connectivity index is 1.80. The summed E-state index contributed by atoms with van der Waals surface area (Å²) in [6.45, 7) is 0.